The van der Waals surface area contributed by atoms with Crippen molar-refractivity contribution in [1.29, 1.82) is 0 Å². The van der Waals surface area contributed by atoms with Gasteiger partial charge in [-0.1, -0.05) is 0 Å². The molecule has 0 aliphatic carbocycles. The van der Waals surface area contributed by atoms with Crippen LogP contribution in [0.1, 0.15) is 0 Å². The Hall–Kier alpha value is 2.32. The topological polar surface area (TPSA) is 33.8 Å². The monoisotopic (exact) mass is 942 g/mol. The fraction of sp³-hybridized carbons (Fsp3) is 0.200. The predicted octanol–water partition coefficient (Wildman–Crippen LogP) is 10.2. The molecule has 1 atom stereocenters. The molecule has 0 bridgehead atoms. The van der Waals surface area contributed by atoms with Crippen LogP contribution in [0.15, 0.2) is 40.3 Å². The smallest absolute Gasteiger partial charge is 0.158 e. The van der Waals surface area contributed by atoms with E-state index in [-0.39, 0.29) is 6.10 Å². The second-order valence-corrected chi connectivity index (χ2v) is 12.4. The van der Waals surface area contributed by atoms with Crippen LogP contribution in [-0.4, -0.2) is 19.3 Å². The van der Waals surface area contributed by atoms with Gasteiger partial charge >= 0.3 is 0 Å². The van der Waals surface area contributed by atoms with Gasteiger partial charge in [0, 0.05) is 11.0 Å². The molecule has 1 saturated heterocycles. The lowest BCUT2D eigenvalue weighted by Gasteiger charge is -2.20. The molecule has 27 heavy (non-hydrogen) atoms. The summed E-state index contributed by atoms with van der Waals surface area (Å²) in [4.78, 5) is 0. The highest BCUT2D eigenvalue weighted by Gasteiger charge is 2.27. The summed E-state index contributed by atoms with van der Waals surface area (Å²) in [7, 11) is 0. The average molecular weight is 951 g/mol. The summed E-state index contributed by atoms with van der Waals surface area (Å²) in [5, 5.41) is 3.39. The van der Waals surface area contributed by atoms with Gasteiger partial charge < -0.3 is 14.8 Å². The van der Waals surface area contributed by atoms with Gasteiger partial charge in [0.15, 0.2) is 11.5 Å². The number of epoxide rings is 1. The van der Waals surface area contributed by atoms with Gasteiger partial charge in [0.1, 0.15) is 0 Å². The maximum Gasteiger partial charge on any atom is 0.158 e. The first kappa shape index (κ1) is 24.0. The van der Waals surface area contributed by atoms with Crippen molar-refractivity contribution in [1.82, 2.24) is 0 Å². The van der Waals surface area contributed by atoms with E-state index in [1.165, 1.54) is 0 Å². The Bertz CT molecular complexity index is 872. The summed E-state index contributed by atoms with van der Waals surface area (Å²) < 4.78 is 18.9. The SMILES string of the molecule is Brc1c(Br)c(Br)c(Oc2c(Br)c(Br)c(NCC3CO3)c(Br)c2Br)c(Br)c1Br. The van der Waals surface area contributed by atoms with E-state index in [0.717, 1.165) is 59.1 Å². The van der Waals surface area contributed by atoms with E-state index < -0.39 is 0 Å². The van der Waals surface area contributed by atoms with E-state index in [1.54, 1.807) is 0 Å². The zero-order chi connectivity index (χ0) is 20.0. The van der Waals surface area contributed by atoms with Crippen LogP contribution in [-0.2, 0) is 4.74 Å². The van der Waals surface area contributed by atoms with Crippen LogP contribution >= 0.6 is 143 Å². The van der Waals surface area contributed by atoms with Crippen molar-refractivity contribution in [3.63, 3.8) is 0 Å². The number of anilines is 1. The van der Waals surface area contributed by atoms with E-state index in [4.69, 9.17) is 9.47 Å². The van der Waals surface area contributed by atoms with Gasteiger partial charge in [-0.25, -0.2) is 0 Å². The van der Waals surface area contributed by atoms with E-state index in [0.29, 0.717) is 11.5 Å². The maximum atomic E-state index is 6.29. The third kappa shape index (κ3) is 5.05. The van der Waals surface area contributed by atoms with Gasteiger partial charge in [-0.3, -0.25) is 0 Å². The molecule has 1 aliphatic rings. The molecule has 1 unspecified atom stereocenters. The number of hydrogen-bond donors (Lipinski definition) is 1. The molecule has 146 valence electrons. The minimum Gasteiger partial charge on any atom is -0.452 e. The lowest BCUT2D eigenvalue weighted by molar-refractivity contribution is 0.416. The molecule has 0 amide bonds. The first-order valence-electron chi connectivity index (χ1n) is 7.05. The molecule has 2 aromatic rings. The van der Waals surface area contributed by atoms with Crippen molar-refractivity contribution >= 4 is 149 Å². The third-order valence-corrected chi connectivity index (χ3v) is 13.7. The lowest BCUT2D eigenvalue weighted by atomic mass is 10.3. The Balaban J connectivity index is 2.06. The number of rotatable bonds is 5. The zero-order valence-electron chi connectivity index (χ0n) is 12.7. The Labute approximate surface area is 231 Å². The van der Waals surface area contributed by atoms with Gasteiger partial charge in [0.25, 0.3) is 0 Å². The number of nitrogens with one attached hydrogen (secondary N) is 1. The van der Waals surface area contributed by atoms with Crippen LogP contribution in [0.25, 0.3) is 0 Å². The van der Waals surface area contributed by atoms with Crippen LogP contribution in [0.3, 0.4) is 0 Å². The highest BCUT2D eigenvalue weighted by Crippen LogP contribution is 2.54. The van der Waals surface area contributed by atoms with Gasteiger partial charge in [0.2, 0.25) is 0 Å². The van der Waals surface area contributed by atoms with Crippen molar-refractivity contribution in [2.24, 2.45) is 0 Å². The summed E-state index contributed by atoms with van der Waals surface area (Å²) in [6.07, 6.45) is 0.265. The standard InChI is InChI=1S/C15H6Br9NO2/c16-4-5(17)9(21)14(10(22)6(4)18)27-15-11(23)7(19)13(8(20)12(15)24)25-1-3-2-26-3/h3,25H,1-2H2. The molecule has 3 nitrogen and oxygen atoms in total. The van der Waals surface area contributed by atoms with E-state index >= 15 is 0 Å². The first-order valence-corrected chi connectivity index (χ1v) is 14.2. The molecular formula is C15H6Br9NO2. The van der Waals surface area contributed by atoms with Crippen molar-refractivity contribution in [2.75, 3.05) is 18.5 Å². The normalized spacial score (nSPS) is 15.8. The van der Waals surface area contributed by atoms with E-state index in [9.17, 15) is 0 Å². The molecule has 1 N–H and O–H groups in total. The fourth-order valence-electron chi connectivity index (χ4n) is 2.03. The number of benzene rings is 2. The van der Waals surface area contributed by atoms with E-state index in [2.05, 4.69) is 149 Å². The molecule has 1 fully saturated rings. The molecule has 0 aromatic heterocycles. The Kier molecular flexibility index (Phi) is 8.75. The van der Waals surface area contributed by atoms with Crippen LogP contribution in [0.2, 0.25) is 0 Å². The number of hydrogen-bond acceptors (Lipinski definition) is 3. The summed E-state index contributed by atoms with van der Waals surface area (Å²) in [6, 6.07) is 0. The second-order valence-electron chi connectivity index (χ2n) is 5.30. The Morgan fingerprint density at radius 2 is 1.04 bits per heavy atom. The van der Waals surface area contributed by atoms with Crippen LogP contribution in [0.4, 0.5) is 5.69 Å². The van der Waals surface area contributed by atoms with Crippen molar-refractivity contribution in [3.05, 3.63) is 40.3 Å². The minimum absolute atomic E-state index is 0.265. The second kappa shape index (κ2) is 9.85. The van der Waals surface area contributed by atoms with Gasteiger partial charge in [-0.2, -0.15) is 0 Å². The summed E-state index contributed by atoms with van der Waals surface area (Å²) in [5.74, 6) is 1.23. The fourth-order valence-corrected chi connectivity index (χ4v) is 7.73. The Morgan fingerprint density at radius 3 is 1.44 bits per heavy atom. The van der Waals surface area contributed by atoms with Crippen molar-refractivity contribution in [2.45, 2.75) is 6.10 Å². The van der Waals surface area contributed by atoms with Gasteiger partial charge in [-0.15, -0.1) is 0 Å². The minimum atomic E-state index is 0.265. The predicted molar refractivity (Wildman–Crippen MR) is 140 cm³/mol. The largest absolute Gasteiger partial charge is 0.452 e. The molecule has 0 spiro atoms. The van der Waals surface area contributed by atoms with Crippen LogP contribution in [0, 0.1) is 0 Å². The Morgan fingerprint density at radius 1 is 0.667 bits per heavy atom. The first-order chi connectivity index (χ1) is 12.6. The van der Waals surface area contributed by atoms with E-state index in [1.807, 2.05) is 0 Å². The molecule has 12 heteroatoms. The quantitative estimate of drug-likeness (QED) is 0.184. The van der Waals surface area contributed by atoms with Gasteiger partial charge in [0.05, 0.1) is 54.2 Å². The maximum absolute atomic E-state index is 6.29. The molecule has 0 saturated carbocycles. The summed E-state index contributed by atoms with van der Waals surface area (Å²) >= 11 is 32.4. The molecule has 3 rings (SSSR count). The number of ether oxygens (including phenoxy) is 2. The van der Waals surface area contributed by atoms with Crippen molar-refractivity contribution < 1.29 is 9.47 Å². The molecule has 1 heterocycles. The number of halogens is 9. The molecule has 1 aliphatic heterocycles. The summed E-state index contributed by atoms with van der Waals surface area (Å²) in [5.41, 5.74) is 0.910. The third-order valence-electron chi connectivity index (χ3n) is 3.51. The van der Waals surface area contributed by atoms with Crippen molar-refractivity contribution in [3.8, 4) is 11.5 Å². The highest BCUT2D eigenvalue weighted by molar-refractivity contribution is 9.16. The molecule has 2 aromatic carbocycles. The molecule has 0 radical (unpaired) electrons. The average Bonchev–Trinajstić information content (AvgIpc) is 3.47. The summed E-state index contributed by atoms with van der Waals surface area (Å²) in [6.45, 7) is 1.53. The van der Waals surface area contributed by atoms with Crippen LogP contribution < -0.4 is 10.1 Å². The molecular weight excluding hydrogens is 945 g/mol. The zero-order valence-corrected chi connectivity index (χ0v) is 27.0. The lowest BCUT2D eigenvalue weighted by Crippen LogP contribution is -2.09. The highest BCUT2D eigenvalue weighted by atomic mass is 79.9. The van der Waals surface area contributed by atoms with Gasteiger partial charge in [-0.05, 0) is 143 Å². The van der Waals surface area contributed by atoms with Crippen LogP contribution in [0.5, 0.6) is 11.5 Å².